The average Bonchev–Trinajstić information content (AvgIpc) is 3.30. The van der Waals surface area contributed by atoms with E-state index in [1.54, 1.807) is 0 Å². The normalized spacial score (nSPS) is 16.3. The molecule has 4 rings (SSSR count). The van der Waals surface area contributed by atoms with Gasteiger partial charge in [-0.1, -0.05) is 49.7 Å². The molecule has 33 heavy (non-hydrogen) atoms. The van der Waals surface area contributed by atoms with Crippen LogP contribution < -0.4 is 5.01 Å². The number of fused-ring (bicyclic) bond motifs is 1. The lowest BCUT2D eigenvalue weighted by molar-refractivity contribution is -0.114. The molecule has 2 aromatic carbocycles. The Bertz CT molecular complexity index is 1180. The van der Waals surface area contributed by atoms with Crippen LogP contribution in [0.2, 0.25) is 0 Å². The van der Waals surface area contributed by atoms with Crippen LogP contribution in [0.3, 0.4) is 0 Å². The van der Waals surface area contributed by atoms with Gasteiger partial charge in [0, 0.05) is 35.8 Å². The Morgan fingerprint density at radius 2 is 1.85 bits per heavy atom. The summed E-state index contributed by atoms with van der Waals surface area (Å²) in [6.07, 6.45) is 5.74. The second-order valence-electron chi connectivity index (χ2n) is 8.72. The maximum atomic E-state index is 13.1. The lowest BCUT2D eigenvalue weighted by Gasteiger charge is -2.21. The maximum Gasteiger partial charge on any atom is 0.280 e. The van der Waals surface area contributed by atoms with Crippen LogP contribution in [-0.4, -0.2) is 52.4 Å². The zero-order valence-electron chi connectivity index (χ0n) is 19.6. The highest BCUT2D eigenvalue weighted by atomic mass is 16.3. The summed E-state index contributed by atoms with van der Waals surface area (Å²) in [6.45, 7) is 6.14. The van der Waals surface area contributed by atoms with E-state index in [1.807, 2.05) is 61.7 Å². The second kappa shape index (κ2) is 10.1. The number of rotatable bonds is 9. The summed E-state index contributed by atoms with van der Waals surface area (Å²) in [5.74, 6) is -0.131. The number of carbonyl (C=O) groups is 1. The van der Waals surface area contributed by atoms with Crippen molar-refractivity contribution in [3.05, 3.63) is 71.9 Å². The van der Waals surface area contributed by atoms with E-state index in [0.717, 1.165) is 41.5 Å². The van der Waals surface area contributed by atoms with Crippen LogP contribution in [0, 0.1) is 0 Å². The largest absolute Gasteiger partial charge is 0.390 e. The zero-order valence-corrected chi connectivity index (χ0v) is 19.6. The third-order valence-electron chi connectivity index (χ3n) is 6.01. The van der Waals surface area contributed by atoms with Crippen molar-refractivity contribution in [3.63, 3.8) is 0 Å². The molecule has 0 saturated carbocycles. The standard InChI is InChI=1S/C27H32N4O2/c1-4-5-15-29(3)18-23(32)19-30-17-21(24-13-9-10-14-26(24)30)16-25-20(2)28-31(27(25)33)22-11-7-6-8-12-22/h6-14,16-17,23,32H,4-5,15,18-19H2,1-3H3/b25-16+/t23-/m1/s1. The molecule has 172 valence electrons. The van der Waals surface area contributed by atoms with Crippen LogP contribution >= 0.6 is 0 Å². The van der Waals surface area contributed by atoms with Crippen LogP contribution in [0.15, 0.2) is 71.5 Å². The summed E-state index contributed by atoms with van der Waals surface area (Å²) in [6, 6.07) is 17.6. The quantitative estimate of drug-likeness (QED) is 0.493. The number of hydrogen-bond acceptors (Lipinski definition) is 4. The van der Waals surface area contributed by atoms with E-state index in [4.69, 9.17) is 0 Å². The van der Waals surface area contributed by atoms with Crippen LogP contribution in [0.25, 0.3) is 17.0 Å². The Morgan fingerprint density at radius 1 is 1.12 bits per heavy atom. The minimum Gasteiger partial charge on any atom is -0.390 e. The van der Waals surface area contributed by atoms with E-state index in [9.17, 15) is 9.90 Å². The molecule has 3 aromatic rings. The first-order chi connectivity index (χ1) is 16.0. The fourth-order valence-electron chi connectivity index (χ4n) is 4.29. The van der Waals surface area contributed by atoms with Crippen molar-refractivity contribution in [2.24, 2.45) is 5.10 Å². The SMILES string of the molecule is CCCCN(C)C[C@@H](O)Cn1cc(/C=C2/C(=O)N(c3ccccc3)N=C2C)c2ccccc21. The number of hydrazone groups is 1. The molecule has 1 N–H and O–H groups in total. The van der Waals surface area contributed by atoms with Crippen molar-refractivity contribution in [2.45, 2.75) is 39.3 Å². The lowest BCUT2D eigenvalue weighted by atomic mass is 10.1. The molecule has 1 atom stereocenters. The highest BCUT2D eigenvalue weighted by Crippen LogP contribution is 2.28. The van der Waals surface area contributed by atoms with Crippen molar-refractivity contribution in [1.29, 1.82) is 0 Å². The zero-order chi connectivity index (χ0) is 23.4. The Balaban J connectivity index is 1.60. The molecule has 6 heteroatoms. The molecule has 0 radical (unpaired) electrons. The first kappa shape index (κ1) is 23.0. The van der Waals surface area contributed by atoms with Gasteiger partial charge in [0.15, 0.2) is 0 Å². The molecule has 6 nitrogen and oxygen atoms in total. The number of unbranched alkanes of at least 4 members (excludes halogenated alkanes) is 1. The number of carbonyl (C=O) groups excluding carboxylic acids is 1. The predicted octanol–water partition coefficient (Wildman–Crippen LogP) is 4.54. The van der Waals surface area contributed by atoms with Gasteiger partial charge in [-0.3, -0.25) is 4.79 Å². The van der Waals surface area contributed by atoms with Crippen molar-refractivity contribution in [2.75, 3.05) is 25.1 Å². The molecule has 0 fully saturated rings. The molecule has 0 bridgehead atoms. The number of benzene rings is 2. The van der Waals surface area contributed by atoms with Crippen LogP contribution in [-0.2, 0) is 11.3 Å². The number of anilines is 1. The number of aliphatic hydroxyl groups is 1. The monoisotopic (exact) mass is 444 g/mol. The summed E-state index contributed by atoms with van der Waals surface area (Å²) in [5.41, 5.74) is 4.02. The summed E-state index contributed by atoms with van der Waals surface area (Å²) < 4.78 is 2.08. The Hall–Kier alpha value is -3.22. The van der Waals surface area contributed by atoms with E-state index < -0.39 is 6.10 Å². The maximum absolute atomic E-state index is 13.1. The van der Waals surface area contributed by atoms with Gasteiger partial charge in [-0.25, -0.2) is 0 Å². The fraction of sp³-hybridized carbons (Fsp3) is 0.333. The fourth-order valence-corrected chi connectivity index (χ4v) is 4.29. The van der Waals surface area contributed by atoms with E-state index >= 15 is 0 Å². The van der Waals surface area contributed by atoms with E-state index in [2.05, 4.69) is 40.7 Å². The third-order valence-corrected chi connectivity index (χ3v) is 6.01. The Kier molecular flexibility index (Phi) is 7.06. The highest BCUT2D eigenvalue weighted by molar-refractivity contribution is 6.32. The molecule has 2 heterocycles. The number of likely N-dealkylation sites (N-methyl/N-ethyl adjacent to an activating group) is 1. The predicted molar refractivity (Wildman–Crippen MR) is 135 cm³/mol. The molecule has 1 amide bonds. The van der Waals surface area contributed by atoms with Crippen molar-refractivity contribution in [1.82, 2.24) is 9.47 Å². The van der Waals surface area contributed by atoms with Crippen LogP contribution in [0.5, 0.6) is 0 Å². The van der Waals surface area contributed by atoms with Gasteiger partial charge in [-0.15, -0.1) is 0 Å². The molecule has 0 spiro atoms. The smallest absolute Gasteiger partial charge is 0.280 e. The van der Waals surface area contributed by atoms with Crippen molar-refractivity contribution in [3.8, 4) is 0 Å². The molecule has 0 saturated heterocycles. The summed E-state index contributed by atoms with van der Waals surface area (Å²) in [5, 5.41) is 17.7. The third kappa shape index (κ3) is 5.07. The minimum absolute atomic E-state index is 0.131. The van der Waals surface area contributed by atoms with Gasteiger partial charge < -0.3 is 14.6 Å². The highest BCUT2D eigenvalue weighted by Gasteiger charge is 2.29. The van der Waals surface area contributed by atoms with E-state index in [0.29, 0.717) is 24.4 Å². The van der Waals surface area contributed by atoms with Gasteiger partial charge in [0.25, 0.3) is 5.91 Å². The van der Waals surface area contributed by atoms with Gasteiger partial charge in [0.1, 0.15) is 0 Å². The number of aromatic nitrogens is 1. The van der Waals surface area contributed by atoms with Crippen LogP contribution in [0.1, 0.15) is 32.3 Å². The summed E-state index contributed by atoms with van der Waals surface area (Å²) in [4.78, 5) is 15.3. The summed E-state index contributed by atoms with van der Waals surface area (Å²) in [7, 11) is 2.05. The topological polar surface area (TPSA) is 61.1 Å². The molecule has 0 aliphatic carbocycles. The summed E-state index contributed by atoms with van der Waals surface area (Å²) >= 11 is 0. The molecule has 0 unspecified atom stereocenters. The van der Waals surface area contributed by atoms with Gasteiger partial charge in [0.2, 0.25) is 0 Å². The van der Waals surface area contributed by atoms with Crippen molar-refractivity contribution < 1.29 is 9.90 Å². The number of nitrogens with zero attached hydrogens (tertiary/aromatic N) is 4. The number of amides is 1. The molecular weight excluding hydrogens is 412 g/mol. The van der Waals surface area contributed by atoms with Gasteiger partial charge >= 0.3 is 0 Å². The average molecular weight is 445 g/mol. The molecule has 1 aliphatic heterocycles. The molecule has 1 aromatic heterocycles. The Morgan fingerprint density at radius 3 is 2.61 bits per heavy atom. The van der Waals surface area contributed by atoms with Gasteiger partial charge in [-0.05, 0) is 51.2 Å². The molecule has 1 aliphatic rings. The first-order valence-corrected chi connectivity index (χ1v) is 11.6. The Labute approximate surface area is 195 Å². The minimum atomic E-state index is -0.479. The lowest BCUT2D eigenvalue weighted by Crippen LogP contribution is -2.32. The van der Waals surface area contributed by atoms with E-state index in [1.165, 1.54) is 5.01 Å². The van der Waals surface area contributed by atoms with Crippen LogP contribution in [0.4, 0.5) is 5.69 Å². The number of para-hydroxylation sites is 2. The van der Waals surface area contributed by atoms with E-state index in [-0.39, 0.29) is 5.91 Å². The van der Waals surface area contributed by atoms with Gasteiger partial charge in [-0.2, -0.15) is 10.1 Å². The van der Waals surface area contributed by atoms with Gasteiger partial charge in [0.05, 0.1) is 23.1 Å². The van der Waals surface area contributed by atoms with Crippen molar-refractivity contribution >= 4 is 34.3 Å². The second-order valence-corrected chi connectivity index (χ2v) is 8.72. The number of aliphatic hydroxyl groups excluding tert-OH is 1. The number of hydrogen-bond donors (Lipinski definition) is 1. The molecular formula is C27H32N4O2. The first-order valence-electron chi connectivity index (χ1n) is 11.6.